The van der Waals surface area contributed by atoms with Crippen LogP contribution in [0.25, 0.3) is 11.1 Å². The lowest BCUT2D eigenvalue weighted by atomic mass is 9.75. The Morgan fingerprint density at radius 3 is 2.45 bits per heavy atom. The van der Waals surface area contributed by atoms with E-state index in [-0.39, 0.29) is 11.9 Å². The van der Waals surface area contributed by atoms with Crippen LogP contribution >= 0.6 is 0 Å². The van der Waals surface area contributed by atoms with E-state index >= 15 is 0 Å². The number of aromatic nitrogens is 1. The van der Waals surface area contributed by atoms with Crippen LogP contribution in [0.5, 0.6) is 0 Å². The number of ether oxygens (including phenoxy) is 1. The monoisotopic (exact) mass is 439 g/mol. The van der Waals surface area contributed by atoms with Crippen molar-refractivity contribution in [1.29, 1.82) is 0 Å². The van der Waals surface area contributed by atoms with Crippen LogP contribution in [-0.4, -0.2) is 23.3 Å². The number of nitrogen functional groups attached to an aromatic ring is 1. The molecule has 0 amide bonds. The molecule has 0 radical (unpaired) electrons. The normalized spacial score (nSPS) is 19.3. The molecule has 5 rings (SSSR count). The molecule has 1 aromatic heterocycles. The minimum Gasteiger partial charge on any atom is -0.465 e. The van der Waals surface area contributed by atoms with Crippen molar-refractivity contribution >= 4 is 23.2 Å². The molecule has 1 aliphatic heterocycles. The Morgan fingerprint density at radius 2 is 1.73 bits per heavy atom. The topological polar surface area (TPSA) is 77.6 Å². The molecule has 0 fully saturated rings. The predicted molar refractivity (Wildman–Crippen MR) is 132 cm³/mol. The van der Waals surface area contributed by atoms with Crippen LogP contribution in [0.2, 0.25) is 0 Å². The Balaban J connectivity index is 1.66. The molecule has 2 unspecified atom stereocenters. The van der Waals surface area contributed by atoms with Gasteiger partial charge in [-0.1, -0.05) is 54.6 Å². The van der Waals surface area contributed by atoms with Gasteiger partial charge < -0.3 is 10.5 Å². The van der Waals surface area contributed by atoms with Crippen molar-refractivity contribution in [1.82, 2.24) is 4.98 Å². The fourth-order valence-electron chi connectivity index (χ4n) is 5.22. The summed E-state index contributed by atoms with van der Waals surface area (Å²) in [5.41, 5.74) is 14.6. The molecule has 0 spiro atoms. The standard InChI is InChI=1S/C28H29N3O2/c1-3-33-28(32)23-17(2)30-27-25(26(29)21-11-7-8-12-22(21)31-27)24(23)20-15-13-19(14-16-20)18-9-5-4-6-10-18/h4-6,9-10,13-16,23-24H,3,7-8,11-12H2,1-2H3,(H2,29,31). The van der Waals surface area contributed by atoms with E-state index in [1.807, 2.05) is 32.0 Å². The van der Waals surface area contributed by atoms with Crippen LogP contribution in [0.3, 0.4) is 0 Å². The zero-order chi connectivity index (χ0) is 22.9. The predicted octanol–water partition coefficient (Wildman–Crippen LogP) is 5.63. The molecule has 2 aliphatic rings. The quantitative estimate of drug-likeness (QED) is 0.535. The molecule has 1 aliphatic carbocycles. The second-order valence-corrected chi connectivity index (χ2v) is 8.84. The number of carbonyl (C=O) groups excluding carboxylic acids is 1. The van der Waals surface area contributed by atoms with Gasteiger partial charge in [0.1, 0.15) is 5.92 Å². The summed E-state index contributed by atoms with van der Waals surface area (Å²) in [7, 11) is 0. The highest BCUT2D eigenvalue weighted by atomic mass is 16.5. The fourth-order valence-corrected chi connectivity index (χ4v) is 5.22. The zero-order valence-corrected chi connectivity index (χ0v) is 19.2. The lowest BCUT2D eigenvalue weighted by molar-refractivity contribution is -0.146. The van der Waals surface area contributed by atoms with Crippen molar-refractivity contribution in [2.45, 2.75) is 45.4 Å². The Morgan fingerprint density at radius 1 is 1.03 bits per heavy atom. The number of esters is 1. The third-order valence-electron chi connectivity index (χ3n) is 6.83. The van der Waals surface area contributed by atoms with E-state index < -0.39 is 5.92 Å². The Kier molecular flexibility index (Phi) is 5.71. The minimum absolute atomic E-state index is 0.265. The number of anilines is 1. The molecular weight excluding hydrogens is 410 g/mol. The lowest BCUT2D eigenvalue weighted by Crippen LogP contribution is -2.34. The number of nitrogens with zero attached hydrogens (tertiary/aromatic N) is 2. The number of fused-ring (bicyclic) bond motifs is 2. The Labute approximate surface area is 194 Å². The summed E-state index contributed by atoms with van der Waals surface area (Å²) >= 11 is 0. The summed E-state index contributed by atoms with van der Waals surface area (Å²) in [5, 5.41) is 0. The SMILES string of the molecule is CCOC(=O)C1C(C)=Nc2nc3c(c(N)c2C1c1ccc(-c2ccccc2)cc1)CCCC3. The molecule has 0 bridgehead atoms. The van der Waals surface area contributed by atoms with Crippen molar-refractivity contribution in [3.05, 3.63) is 77.0 Å². The van der Waals surface area contributed by atoms with Gasteiger partial charge in [-0.2, -0.15) is 0 Å². The number of carbonyl (C=O) groups is 1. The van der Waals surface area contributed by atoms with Crippen LogP contribution in [0.15, 0.2) is 59.6 Å². The smallest absolute Gasteiger partial charge is 0.315 e. The molecule has 168 valence electrons. The Bertz CT molecular complexity index is 1220. The summed E-state index contributed by atoms with van der Waals surface area (Å²) in [6.45, 7) is 4.05. The molecule has 2 heterocycles. The maximum atomic E-state index is 13.1. The van der Waals surface area contributed by atoms with Crippen LogP contribution in [0.4, 0.5) is 11.5 Å². The van der Waals surface area contributed by atoms with Gasteiger partial charge in [-0.15, -0.1) is 0 Å². The number of aryl methyl sites for hydroxylation is 1. The average molecular weight is 440 g/mol. The van der Waals surface area contributed by atoms with Gasteiger partial charge in [0.2, 0.25) is 0 Å². The van der Waals surface area contributed by atoms with Crippen molar-refractivity contribution in [3.8, 4) is 11.1 Å². The average Bonchev–Trinajstić information content (AvgIpc) is 2.84. The van der Waals surface area contributed by atoms with E-state index in [2.05, 4.69) is 36.4 Å². The van der Waals surface area contributed by atoms with E-state index in [4.69, 9.17) is 20.4 Å². The number of benzene rings is 2. The second-order valence-electron chi connectivity index (χ2n) is 8.84. The largest absolute Gasteiger partial charge is 0.465 e. The van der Waals surface area contributed by atoms with Crippen molar-refractivity contribution in [2.75, 3.05) is 12.3 Å². The zero-order valence-electron chi connectivity index (χ0n) is 19.2. The van der Waals surface area contributed by atoms with Crippen molar-refractivity contribution in [3.63, 3.8) is 0 Å². The van der Waals surface area contributed by atoms with Crippen LogP contribution in [-0.2, 0) is 22.4 Å². The van der Waals surface area contributed by atoms with Gasteiger partial charge in [0.05, 0.1) is 6.61 Å². The summed E-state index contributed by atoms with van der Waals surface area (Å²) in [6.07, 6.45) is 4.08. The first-order chi connectivity index (χ1) is 16.1. The summed E-state index contributed by atoms with van der Waals surface area (Å²) in [6, 6.07) is 18.7. The van der Waals surface area contributed by atoms with Gasteiger partial charge in [-0.3, -0.25) is 4.79 Å². The number of pyridine rings is 1. The van der Waals surface area contributed by atoms with Gasteiger partial charge in [-0.25, -0.2) is 9.98 Å². The first-order valence-electron chi connectivity index (χ1n) is 11.8. The van der Waals surface area contributed by atoms with Gasteiger partial charge in [-0.05, 0) is 61.8 Å². The second kappa shape index (κ2) is 8.81. The molecule has 33 heavy (non-hydrogen) atoms. The fraction of sp³-hybridized carbons (Fsp3) is 0.321. The number of rotatable bonds is 4. The summed E-state index contributed by atoms with van der Waals surface area (Å²) < 4.78 is 5.48. The highest BCUT2D eigenvalue weighted by Gasteiger charge is 2.41. The first kappa shape index (κ1) is 21.4. The molecular formula is C28H29N3O2. The highest BCUT2D eigenvalue weighted by molar-refractivity contribution is 6.05. The number of hydrogen-bond acceptors (Lipinski definition) is 5. The van der Waals surface area contributed by atoms with Gasteiger partial charge in [0.15, 0.2) is 5.82 Å². The molecule has 0 saturated carbocycles. The van der Waals surface area contributed by atoms with Crippen molar-refractivity contribution in [2.24, 2.45) is 10.9 Å². The molecule has 5 nitrogen and oxygen atoms in total. The molecule has 2 aromatic carbocycles. The minimum atomic E-state index is -0.522. The first-order valence-corrected chi connectivity index (χ1v) is 11.8. The summed E-state index contributed by atoms with van der Waals surface area (Å²) in [4.78, 5) is 22.8. The van der Waals surface area contributed by atoms with E-state index in [1.54, 1.807) is 0 Å². The van der Waals surface area contributed by atoms with Gasteiger partial charge in [0, 0.05) is 28.6 Å². The maximum absolute atomic E-state index is 13.1. The third kappa shape index (κ3) is 3.82. The van der Waals surface area contributed by atoms with E-state index in [1.165, 1.54) is 0 Å². The lowest BCUT2D eigenvalue weighted by Gasteiger charge is -2.33. The molecule has 0 saturated heterocycles. The number of hydrogen-bond donors (Lipinski definition) is 1. The molecule has 5 heteroatoms. The van der Waals surface area contributed by atoms with E-state index in [9.17, 15) is 4.79 Å². The van der Waals surface area contributed by atoms with Gasteiger partial charge >= 0.3 is 5.97 Å². The van der Waals surface area contributed by atoms with Crippen LogP contribution in [0.1, 0.15) is 55.0 Å². The third-order valence-corrected chi connectivity index (χ3v) is 6.83. The number of aliphatic imine (C=N–C) groups is 1. The van der Waals surface area contributed by atoms with Crippen LogP contribution < -0.4 is 5.73 Å². The molecule has 2 atom stereocenters. The highest BCUT2D eigenvalue weighted by Crippen LogP contribution is 2.47. The van der Waals surface area contributed by atoms with Crippen LogP contribution in [0, 0.1) is 5.92 Å². The number of nitrogens with two attached hydrogens (primary N) is 1. The van der Waals surface area contributed by atoms with E-state index in [0.717, 1.165) is 70.6 Å². The summed E-state index contributed by atoms with van der Waals surface area (Å²) in [5.74, 6) is -0.408. The molecule has 2 N–H and O–H groups in total. The maximum Gasteiger partial charge on any atom is 0.315 e. The van der Waals surface area contributed by atoms with Crippen molar-refractivity contribution < 1.29 is 9.53 Å². The molecule has 3 aromatic rings. The van der Waals surface area contributed by atoms with Gasteiger partial charge in [0.25, 0.3) is 0 Å². The van der Waals surface area contributed by atoms with E-state index in [0.29, 0.717) is 12.4 Å². The Hall–Kier alpha value is -3.47.